The number of nitrogens with zero attached hydrogens (tertiary/aromatic N) is 3. The molecule has 0 bridgehead atoms. The molecule has 182 valence electrons. The first kappa shape index (κ1) is 29.6. The van der Waals surface area contributed by atoms with Crippen molar-refractivity contribution in [1.29, 1.82) is 0 Å². The molecule has 0 spiro atoms. The Balaban J connectivity index is 0.000000335. The van der Waals surface area contributed by atoms with Crippen molar-refractivity contribution in [1.82, 2.24) is 14.7 Å². The summed E-state index contributed by atoms with van der Waals surface area (Å²) in [5.41, 5.74) is 1.39. The lowest BCUT2D eigenvalue weighted by Crippen LogP contribution is -2.35. The highest BCUT2D eigenvalue weighted by Gasteiger charge is 2.23. The molecule has 0 aliphatic rings. The molecule has 2 heterocycles. The van der Waals surface area contributed by atoms with Crippen LogP contribution in [-0.2, 0) is 22.0 Å². The summed E-state index contributed by atoms with van der Waals surface area (Å²) >= 11 is 11.6. The van der Waals surface area contributed by atoms with E-state index in [1.807, 2.05) is 53.7 Å². The maximum Gasteiger partial charge on any atom is 0.144 e. The van der Waals surface area contributed by atoms with Crippen LogP contribution in [0.4, 0.5) is 0 Å². The molecule has 0 saturated heterocycles. The van der Waals surface area contributed by atoms with Crippen molar-refractivity contribution in [2.24, 2.45) is 4.40 Å². The molecule has 0 fully saturated rings. The van der Waals surface area contributed by atoms with E-state index in [2.05, 4.69) is 25.7 Å². The first-order valence-electron chi connectivity index (χ1n) is 10.2. The smallest absolute Gasteiger partial charge is 0.144 e. The van der Waals surface area contributed by atoms with Crippen molar-refractivity contribution in [3.63, 3.8) is 0 Å². The van der Waals surface area contributed by atoms with Crippen LogP contribution in [0.25, 0.3) is 0 Å². The second-order valence-electron chi connectivity index (χ2n) is 8.94. The molecular formula is C23H32Cl2N4O2S2. The maximum absolute atomic E-state index is 12.1. The number of halogens is 2. The molecular weight excluding hydrogens is 499 g/mol. The van der Waals surface area contributed by atoms with Crippen LogP contribution < -0.4 is 4.72 Å². The van der Waals surface area contributed by atoms with Crippen molar-refractivity contribution < 1.29 is 8.42 Å². The van der Waals surface area contributed by atoms with Gasteiger partial charge in [0.05, 0.1) is 44.1 Å². The van der Waals surface area contributed by atoms with Crippen molar-refractivity contribution in [2.75, 3.05) is 0 Å². The van der Waals surface area contributed by atoms with E-state index >= 15 is 0 Å². The molecule has 2 rings (SSSR count). The molecule has 0 aromatic carbocycles. The zero-order chi connectivity index (χ0) is 25.2. The van der Waals surface area contributed by atoms with E-state index in [0.717, 1.165) is 5.69 Å². The summed E-state index contributed by atoms with van der Waals surface area (Å²) in [6, 6.07) is 10.5. The molecule has 0 aliphatic heterocycles. The minimum absolute atomic E-state index is 0.138. The highest BCUT2D eigenvalue weighted by Crippen LogP contribution is 2.20. The Kier molecular flexibility index (Phi) is 12.0. The van der Waals surface area contributed by atoms with Crippen molar-refractivity contribution >= 4 is 51.4 Å². The number of hydrogen-bond acceptors (Lipinski definition) is 4. The Bertz CT molecular complexity index is 1000. The molecule has 0 amide bonds. The van der Waals surface area contributed by atoms with Crippen LogP contribution in [0.15, 0.2) is 53.5 Å². The largest absolute Gasteiger partial charge is 0.242 e. The minimum Gasteiger partial charge on any atom is -0.242 e. The molecule has 10 heteroatoms. The zero-order valence-corrected chi connectivity index (χ0v) is 23.0. The van der Waals surface area contributed by atoms with Crippen LogP contribution in [0.2, 0.25) is 10.3 Å². The Morgan fingerprint density at radius 2 is 1.58 bits per heavy atom. The zero-order valence-electron chi connectivity index (χ0n) is 19.8. The number of hydrogen-bond donors (Lipinski definition) is 1. The Morgan fingerprint density at radius 1 is 1.00 bits per heavy atom. The third-order valence-electron chi connectivity index (χ3n) is 3.84. The lowest BCUT2D eigenvalue weighted by molar-refractivity contribution is 0.594. The molecule has 1 N–H and O–H groups in total. The normalized spacial score (nSPS) is 14.8. The summed E-state index contributed by atoms with van der Waals surface area (Å²) in [5, 5.41) is 0.838. The summed E-state index contributed by atoms with van der Waals surface area (Å²) < 4.78 is 30.0. The molecule has 6 nitrogen and oxygen atoms in total. The molecule has 0 saturated carbocycles. The number of pyridine rings is 2. The van der Waals surface area contributed by atoms with E-state index in [1.165, 1.54) is 6.21 Å². The molecule has 33 heavy (non-hydrogen) atoms. The van der Waals surface area contributed by atoms with Gasteiger partial charge in [0.25, 0.3) is 0 Å². The number of nitrogens with one attached hydrogen (secondary N) is 1. The monoisotopic (exact) mass is 530 g/mol. The SMILES string of the molecule is C=CC[C@@H](N[S@@](=O)C(C)(C)C)c1cccc(Cl)n1.CC(C)(C)[S@](=O)N=Cc1cccc(Cl)n1. The third kappa shape index (κ3) is 11.5. The van der Waals surface area contributed by atoms with Crippen LogP contribution in [-0.4, -0.2) is 34.1 Å². The van der Waals surface area contributed by atoms with E-state index in [-0.39, 0.29) is 15.5 Å². The molecule has 2 aromatic rings. The molecule has 0 aliphatic carbocycles. The molecule has 0 radical (unpaired) electrons. The summed E-state index contributed by atoms with van der Waals surface area (Å²) in [7, 11) is -2.41. The van der Waals surface area contributed by atoms with Crippen molar-refractivity contribution in [2.45, 2.75) is 63.5 Å². The highest BCUT2D eigenvalue weighted by atomic mass is 35.5. The van der Waals surface area contributed by atoms with Gasteiger partial charge in [-0.2, -0.15) is 4.40 Å². The standard InChI is InChI=1S/C13H19ClN2OS.C10H13ClN2OS/c1-5-7-11(16-18(17)13(2,3)4)10-8-6-9-12(14)15-10;1-10(2,3)15(14)12-7-8-5-4-6-9(11)13-8/h5-6,8-9,11,16H,1,7H2,2-4H3;4-7H,1-3H3/t11-,18+;15-/m10/s1. The summed E-state index contributed by atoms with van der Waals surface area (Å²) in [6.07, 6.45) is 3.91. The van der Waals surface area contributed by atoms with Crippen LogP contribution in [0.3, 0.4) is 0 Å². The van der Waals surface area contributed by atoms with E-state index in [1.54, 1.807) is 30.3 Å². The first-order valence-corrected chi connectivity index (χ1v) is 13.3. The predicted molar refractivity (Wildman–Crippen MR) is 143 cm³/mol. The maximum atomic E-state index is 12.1. The van der Waals surface area contributed by atoms with E-state index in [4.69, 9.17) is 23.2 Å². The lowest BCUT2D eigenvalue weighted by Gasteiger charge is -2.23. The fourth-order valence-corrected chi connectivity index (χ4v) is 3.77. The molecule has 0 unspecified atom stereocenters. The van der Waals surface area contributed by atoms with Crippen molar-refractivity contribution in [3.05, 3.63) is 70.7 Å². The van der Waals surface area contributed by atoms with Gasteiger partial charge in [0.2, 0.25) is 0 Å². The fourth-order valence-electron chi connectivity index (χ4n) is 2.08. The average Bonchev–Trinajstić information content (AvgIpc) is 2.70. The van der Waals surface area contributed by atoms with E-state index in [9.17, 15) is 8.42 Å². The Hall–Kier alpha value is -1.45. The second kappa shape index (κ2) is 13.4. The summed E-state index contributed by atoms with van der Waals surface area (Å²) in [4.78, 5) is 8.26. The number of aromatic nitrogens is 2. The van der Waals surface area contributed by atoms with Gasteiger partial charge in [0.15, 0.2) is 0 Å². The van der Waals surface area contributed by atoms with Gasteiger partial charge in [0.1, 0.15) is 21.3 Å². The minimum atomic E-state index is -1.26. The topological polar surface area (TPSA) is 84.3 Å². The van der Waals surface area contributed by atoms with Gasteiger partial charge in [-0.1, -0.05) is 41.4 Å². The van der Waals surface area contributed by atoms with E-state index < -0.39 is 22.0 Å². The van der Waals surface area contributed by atoms with Crippen LogP contribution in [0, 0.1) is 0 Å². The predicted octanol–water partition coefficient (Wildman–Crippen LogP) is 6.02. The number of rotatable bonds is 7. The van der Waals surface area contributed by atoms with Gasteiger partial charge in [-0.05, 0) is 72.2 Å². The highest BCUT2D eigenvalue weighted by molar-refractivity contribution is 7.85. The molecule has 2 aromatic heterocycles. The van der Waals surface area contributed by atoms with Crippen LogP contribution in [0.1, 0.15) is 65.4 Å². The van der Waals surface area contributed by atoms with Crippen molar-refractivity contribution in [3.8, 4) is 0 Å². The van der Waals surface area contributed by atoms with Crippen LogP contribution >= 0.6 is 23.2 Å². The second-order valence-corrected chi connectivity index (χ2v) is 13.6. The first-order chi connectivity index (χ1) is 15.2. The van der Waals surface area contributed by atoms with Gasteiger partial charge < -0.3 is 0 Å². The lowest BCUT2D eigenvalue weighted by atomic mass is 10.1. The Labute approximate surface area is 212 Å². The fraction of sp³-hybridized carbons (Fsp3) is 0.435. The van der Waals surface area contributed by atoms with Gasteiger partial charge in [0, 0.05) is 0 Å². The van der Waals surface area contributed by atoms with Gasteiger partial charge >= 0.3 is 0 Å². The third-order valence-corrected chi connectivity index (χ3v) is 7.22. The van der Waals surface area contributed by atoms with Crippen LogP contribution in [0.5, 0.6) is 0 Å². The Morgan fingerprint density at radius 3 is 2.06 bits per heavy atom. The average molecular weight is 532 g/mol. The van der Waals surface area contributed by atoms with E-state index in [0.29, 0.717) is 22.4 Å². The van der Waals surface area contributed by atoms with Gasteiger partial charge in [-0.25, -0.2) is 23.1 Å². The van der Waals surface area contributed by atoms with Gasteiger partial charge in [-0.15, -0.1) is 6.58 Å². The summed E-state index contributed by atoms with van der Waals surface area (Å²) in [5.74, 6) is 0. The van der Waals surface area contributed by atoms with Gasteiger partial charge in [-0.3, -0.25) is 0 Å². The summed E-state index contributed by atoms with van der Waals surface area (Å²) in [6.45, 7) is 15.1. The molecule has 3 atom stereocenters. The quantitative estimate of drug-likeness (QED) is 0.269.